The van der Waals surface area contributed by atoms with E-state index in [1.165, 1.54) is 0 Å². The molecule has 0 fully saturated rings. The maximum absolute atomic E-state index is 5.82. The Balaban J connectivity index is 2.14. The van der Waals surface area contributed by atoms with Crippen LogP contribution in [-0.4, -0.2) is 23.5 Å². The fraction of sp³-hybridized carbons (Fsp3) is 0.429. The molecule has 80 valence electrons. The van der Waals surface area contributed by atoms with E-state index >= 15 is 0 Å². The molecule has 0 radical (unpaired) electrons. The fourth-order valence-electron chi connectivity index (χ4n) is 1.22. The maximum atomic E-state index is 5.82. The van der Waals surface area contributed by atoms with Gasteiger partial charge in [0.1, 0.15) is 6.33 Å². The molecule has 1 atom stereocenters. The lowest BCUT2D eigenvalue weighted by molar-refractivity contribution is 0.717. The number of halogens is 1. The minimum absolute atomic E-state index is 0.0149. The third-order valence-electron chi connectivity index (χ3n) is 1.94. The van der Waals surface area contributed by atoms with Crippen LogP contribution in [0.3, 0.4) is 0 Å². The third kappa shape index (κ3) is 2.07. The van der Waals surface area contributed by atoms with Crippen LogP contribution in [0.15, 0.2) is 6.33 Å². The van der Waals surface area contributed by atoms with Gasteiger partial charge in [-0.15, -0.1) is 10.2 Å². The quantitative estimate of drug-likeness (QED) is 0.886. The SMILES string of the molecule is CC(Nc1nsnc1Cl)c1nncn1C. The van der Waals surface area contributed by atoms with Gasteiger partial charge in [-0.05, 0) is 6.92 Å². The molecule has 0 aliphatic rings. The van der Waals surface area contributed by atoms with Gasteiger partial charge >= 0.3 is 0 Å². The Bertz CT molecular complexity index is 452. The standard InChI is InChI=1S/C7H9ClN6S/c1-4(7-11-9-3-14(7)2)10-6-5(8)12-15-13-6/h3-4H,1-2H3,(H,10,13). The van der Waals surface area contributed by atoms with E-state index in [1.807, 2.05) is 18.5 Å². The Labute approximate surface area is 95.6 Å². The lowest BCUT2D eigenvalue weighted by Crippen LogP contribution is -2.12. The van der Waals surface area contributed by atoms with Gasteiger partial charge in [-0.25, -0.2) is 0 Å². The van der Waals surface area contributed by atoms with Gasteiger partial charge in [-0.2, -0.15) is 8.75 Å². The van der Waals surface area contributed by atoms with E-state index in [2.05, 4.69) is 24.3 Å². The normalized spacial score (nSPS) is 12.7. The van der Waals surface area contributed by atoms with Crippen LogP contribution in [0.5, 0.6) is 0 Å². The van der Waals surface area contributed by atoms with Crippen molar-refractivity contribution in [3.8, 4) is 0 Å². The summed E-state index contributed by atoms with van der Waals surface area (Å²) in [6.07, 6.45) is 1.65. The van der Waals surface area contributed by atoms with Crippen molar-refractivity contribution < 1.29 is 0 Å². The molecule has 1 unspecified atom stereocenters. The van der Waals surface area contributed by atoms with Gasteiger partial charge in [0.2, 0.25) is 0 Å². The van der Waals surface area contributed by atoms with Crippen LogP contribution in [0.2, 0.25) is 5.15 Å². The monoisotopic (exact) mass is 244 g/mol. The highest BCUT2D eigenvalue weighted by atomic mass is 35.5. The number of aryl methyl sites for hydroxylation is 1. The van der Waals surface area contributed by atoms with Crippen LogP contribution in [-0.2, 0) is 7.05 Å². The van der Waals surface area contributed by atoms with Crippen LogP contribution in [0.1, 0.15) is 18.8 Å². The lowest BCUT2D eigenvalue weighted by atomic mass is 10.3. The smallest absolute Gasteiger partial charge is 0.186 e. The van der Waals surface area contributed by atoms with Crippen molar-refractivity contribution in [3.05, 3.63) is 17.3 Å². The molecular weight excluding hydrogens is 236 g/mol. The third-order valence-corrected chi connectivity index (χ3v) is 2.83. The van der Waals surface area contributed by atoms with E-state index in [0.29, 0.717) is 11.0 Å². The molecule has 2 heterocycles. The van der Waals surface area contributed by atoms with Gasteiger partial charge in [-0.3, -0.25) is 0 Å². The first-order chi connectivity index (χ1) is 7.18. The number of anilines is 1. The second kappa shape index (κ2) is 4.11. The van der Waals surface area contributed by atoms with Crippen molar-refractivity contribution in [2.24, 2.45) is 7.05 Å². The summed E-state index contributed by atoms with van der Waals surface area (Å²) in [7, 11) is 1.88. The minimum atomic E-state index is -0.0149. The zero-order valence-electron chi connectivity index (χ0n) is 8.18. The van der Waals surface area contributed by atoms with Gasteiger partial charge in [0, 0.05) is 7.05 Å². The molecule has 8 heteroatoms. The van der Waals surface area contributed by atoms with Crippen molar-refractivity contribution >= 4 is 29.1 Å². The molecule has 0 spiro atoms. The van der Waals surface area contributed by atoms with Crippen molar-refractivity contribution in [2.75, 3.05) is 5.32 Å². The summed E-state index contributed by atoms with van der Waals surface area (Å²) in [5, 5.41) is 11.3. The second-order valence-corrected chi connectivity index (χ2v) is 3.96. The van der Waals surface area contributed by atoms with E-state index in [-0.39, 0.29) is 6.04 Å². The van der Waals surface area contributed by atoms with E-state index in [0.717, 1.165) is 17.6 Å². The van der Waals surface area contributed by atoms with Crippen LogP contribution >= 0.6 is 23.3 Å². The van der Waals surface area contributed by atoms with Crippen molar-refractivity contribution in [1.82, 2.24) is 23.5 Å². The average molecular weight is 245 g/mol. The molecule has 15 heavy (non-hydrogen) atoms. The second-order valence-electron chi connectivity index (χ2n) is 3.07. The molecule has 0 saturated carbocycles. The molecule has 2 aromatic rings. The average Bonchev–Trinajstić information content (AvgIpc) is 2.76. The van der Waals surface area contributed by atoms with Gasteiger partial charge in [0.05, 0.1) is 17.8 Å². The number of hydrogen-bond donors (Lipinski definition) is 1. The van der Waals surface area contributed by atoms with E-state index in [9.17, 15) is 0 Å². The van der Waals surface area contributed by atoms with Gasteiger partial charge in [-0.1, -0.05) is 11.6 Å². The summed E-state index contributed by atoms with van der Waals surface area (Å²) in [5.41, 5.74) is 0. The zero-order valence-corrected chi connectivity index (χ0v) is 9.75. The molecule has 0 saturated heterocycles. The Morgan fingerprint density at radius 2 is 2.33 bits per heavy atom. The molecule has 0 amide bonds. The molecule has 0 aliphatic carbocycles. The Morgan fingerprint density at radius 1 is 1.53 bits per heavy atom. The van der Waals surface area contributed by atoms with E-state index in [1.54, 1.807) is 6.33 Å². The van der Waals surface area contributed by atoms with E-state index in [4.69, 9.17) is 11.6 Å². The summed E-state index contributed by atoms with van der Waals surface area (Å²) in [5.74, 6) is 1.40. The van der Waals surface area contributed by atoms with Gasteiger partial charge in [0.25, 0.3) is 0 Å². The Kier molecular flexibility index (Phi) is 2.83. The number of hydrogen-bond acceptors (Lipinski definition) is 6. The summed E-state index contributed by atoms with van der Waals surface area (Å²) >= 11 is 6.89. The first-order valence-corrected chi connectivity index (χ1v) is 5.38. The summed E-state index contributed by atoms with van der Waals surface area (Å²) in [6.45, 7) is 1.96. The Hall–Kier alpha value is -1.21. The molecular formula is C7H9ClN6S. The summed E-state index contributed by atoms with van der Waals surface area (Å²) in [6, 6.07) is -0.0149. The predicted molar refractivity (Wildman–Crippen MR) is 58.0 cm³/mol. The summed E-state index contributed by atoms with van der Waals surface area (Å²) in [4.78, 5) is 0. The van der Waals surface area contributed by atoms with Crippen molar-refractivity contribution in [2.45, 2.75) is 13.0 Å². The van der Waals surface area contributed by atoms with Crippen LogP contribution < -0.4 is 5.32 Å². The number of nitrogens with one attached hydrogen (secondary N) is 1. The van der Waals surface area contributed by atoms with Crippen LogP contribution in [0, 0.1) is 0 Å². The van der Waals surface area contributed by atoms with Crippen LogP contribution in [0.4, 0.5) is 5.82 Å². The largest absolute Gasteiger partial charge is 0.357 e. The van der Waals surface area contributed by atoms with Crippen molar-refractivity contribution in [1.29, 1.82) is 0 Å². The van der Waals surface area contributed by atoms with Crippen LogP contribution in [0.25, 0.3) is 0 Å². The Morgan fingerprint density at radius 3 is 2.87 bits per heavy atom. The highest BCUT2D eigenvalue weighted by Crippen LogP contribution is 2.22. The fourth-order valence-corrected chi connectivity index (χ4v) is 1.88. The van der Waals surface area contributed by atoms with Gasteiger partial charge in [0.15, 0.2) is 16.8 Å². The lowest BCUT2D eigenvalue weighted by Gasteiger charge is -2.11. The molecule has 2 aromatic heterocycles. The first kappa shape index (κ1) is 10.3. The van der Waals surface area contributed by atoms with Gasteiger partial charge < -0.3 is 9.88 Å². The highest BCUT2D eigenvalue weighted by molar-refractivity contribution is 6.99. The van der Waals surface area contributed by atoms with Crippen molar-refractivity contribution in [3.63, 3.8) is 0 Å². The highest BCUT2D eigenvalue weighted by Gasteiger charge is 2.14. The molecule has 0 bridgehead atoms. The molecule has 1 N–H and O–H groups in total. The molecule has 6 nitrogen and oxygen atoms in total. The zero-order chi connectivity index (χ0) is 10.8. The molecule has 0 aromatic carbocycles. The topological polar surface area (TPSA) is 68.5 Å². The molecule has 0 aliphatic heterocycles. The van der Waals surface area contributed by atoms with E-state index < -0.39 is 0 Å². The first-order valence-electron chi connectivity index (χ1n) is 4.27. The number of aromatic nitrogens is 5. The summed E-state index contributed by atoms with van der Waals surface area (Å²) < 4.78 is 9.73. The molecule has 2 rings (SSSR count). The number of nitrogens with zero attached hydrogens (tertiary/aromatic N) is 5. The number of rotatable bonds is 3. The maximum Gasteiger partial charge on any atom is 0.186 e. The predicted octanol–water partition coefficient (Wildman–Crippen LogP) is 1.49. The minimum Gasteiger partial charge on any atom is -0.357 e.